The van der Waals surface area contributed by atoms with Crippen LogP contribution in [0.4, 0.5) is 0 Å². The number of aryl methyl sites for hydroxylation is 2. The van der Waals surface area contributed by atoms with Crippen LogP contribution in [0.1, 0.15) is 5.69 Å². The van der Waals surface area contributed by atoms with Crippen molar-refractivity contribution in [2.45, 2.75) is 6.92 Å². The lowest BCUT2D eigenvalue weighted by molar-refractivity contribution is 0.718. The van der Waals surface area contributed by atoms with Crippen LogP contribution in [-0.2, 0) is 7.05 Å². The van der Waals surface area contributed by atoms with Gasteiger partial charge in [0.2, 0.25) is 5.43 Å². The summed E-state index contributed by atoms with van der Waals surface area (Å²) in [5, 5.41) is 4.02. The molecule has 1 aromatic rings. The second kappa shape index (κ2) is 2.83. The minimum atomic E-state index is -0.310. The third kappa shape index (κ3) is 1.39. The molecule has 0 aromatic carbocycles. The van der Waals surface area contributed by atoms with Crippen molar-refractivity contribution in [3.05, 3.63) is 26.1 Å². The van der Waals surface area contributed by atoms with Gasteiger partial charge in [-0.05, 0) is 6.92 Å². The van der Waals surface area contributed by atoms with Crippen molar-refractivity contribution in [2.24, 2.45) is 7.05 Å². The van der Waals surface area contributed by atoms with E-state index in [1.54, 1.807) is 14.0 Å². The largest absolute Gasteiger partial charge is 0.286 e. The first-order chi connectivity index (χ1) is 5.04. The predicted molar refractivity (Wildman–Crippen MR) is 44.2 cm³/mol. The molecule has 0 saturated carbocycles. The summed E-state index contributed by atoms with van der Waals surface area (Å²) < 4.78 is 1.36. The second-order valence-electron chi connectivity index (χ2n) is 2.14. The van der Waals surface area contributed by atoms with Crippen molar-refractivity contribution in [3.8, 4) is 0 Å². The van der Waals surface area contributed by atoms with Crippen molar-refractivity contribution >= 4 is 23.2 Å². The molecule has 0 bridgehead atoms. The van der Waals surface area contributed by atoms with Crippen LogP contribution in [0.5, 0.6) is 0 Å². The monoisotopic (exact) mass is 192 g/mol. The number of nitrogens with zero attached hydrogens (tertiary/aromatic N) is 2. The number of rotatable bonds is 0. The summed E-state index contributed by atoms with van der Waals surface area (Å²) in [7, 11) is 1.63. The third-order valence-electron chi connectivity index (χ3n) is 1.29. The van der Waals surface area contributed by atoms with E-state index in [1.807, 2.05) is 0 Å². The summed E-state index contributed by atoms with van der Waals surface area (Å²) >= 11 is 11.2. The van der Waals surface area contributed by atoms with Crippen LogP contribution in [0.25, 0.3) is 0 Å². The maximum Gasteiger partial charge on any atom is 0.223 e. The highest BCUT2D eigenvalue weighted by Gasteiger charge is 2.07. The molecule has 0 aliphatic carbocycles. The van der Waals surface area contributed by atoms with Gasteiger partial charge in [0.05, 0.1) is 0 Å². The summed E-state index contributed by atoms with van der Waals surface area (Å²) in [5.74, 6) is 0. The molecule has 1 rings (SSSR count). The Bertz CT molecular complexity index is 345. The van der Waals surface area contributed by atoms with Gasteiger partial charge in [-0.3, -0.25) is 9.48 Å². The molecule has 0 spiro atoms. The minimum Gasteiger partial charge on any atom is -0.286 e. The summed E-state index contributed by atoms with van der Waals surface area (Å²) in [4.78, 5) is 11.0. The smallest absolute Gasteiger partial charge is 0.223 e. The van der Waals surface area contributed by atoms with Crippen LogP contribution in [0.15, 0.2) is 4.79 Å². The van der Waals surface area contributed by atoms with Gasteiger partial charge in [0.1, 0.15) is 15.9 Å². The van der Waals surface area contributed by atoms with Crippen molar-refractivity contribution in [2.75, 3.05) is 0 Å². The first-order valence-electron chi connectivity index (χ1n) is 2.93. The molecule has 11 heavy (non-hydrogen) atoms. The third-order valence-corrected chi connectivity index (χ3v) is 2.17. The van der Waals surface area contributed by atoms with Crippen LogP contribution in [0.3, 0.4) is 0 Å². The Morgan fingerprint density at radius 3 is 2.55 bits per heavy atom. The molecule has 1 heterocycles. The van der Waals surface area contributed by atoms with Gasteiger partial charge in [-0.2, -0.15) is 5.10 Å². The van der Waals surface area contributed by atoms with E-state index in [0.717, 1.165) is 0 Å². The van der Waals surface area contributed by atoms with Gasteiger partial charge in [-0.25, -0.2) is 0 Å². The summed E-state index contributed by atoms with van der Waals surface area (Å²) in [6.45, 7) is 1.59. The molecule has 0 radical (unpaired) electrons. The van der Waals surface area contributed by atoms with E-state index >= 15 is 0 Å². The van der Waals surface area contributed by atoms with Crippen molar-refractivity contribution in [1.29, 1.82) is 0 Å². The van der Waals surface area contributed by atoms with Crippen molar-refractivity contribution in [1.82, 2.24) is 9.78 Å². The molecule has 0 N–H and O–H groups in total. The number of hydrogen-bond donors (Lipinski definition) is 0. The zero-order valence-electron chi connectivity index (χ0n) is 6.06. The van der Waals surface area contributed by atoms with E-state index < -0.39 is 0 Å². The molecule has 0 aliphatic rings. The zero-order valence-corrected chi connectivity index (χ0v) is 7.57. The van der Waals surface area contributed by atoms with E-state index in [0.29, 0.717) is 5.69 Å². The molecule has 0 fully saturated rings. The Kier molecular flexibility index (Phi) is 2.20. The molecular formula is C6H6Cl2N2O. The maximum atomic E-state index is 11.0. The van der Waals surface area contributed by atoms with Crippen molar-refractivity contribution in [3.63, 3.8) is 0 Å². The van der Waals surface area contributed by atoms with E-state index in [-0.39, 0.29) is 15.6 Å². The van der Waals surface area contributed by atoms with Crippen LogP contribution in [0, 0.1) is 6.92 Å². The molecule has 0 unspecified atom stereocenters. The first kappa shape index (κ1) is 8.56. The van der Waals surface area contributed by atoms with Crippen LogP contribution in [0.2, 0.25) is 10.2 Å². The Morgan fingerprint density at radius 1 is 1.45 bits per heavy atom. The zero-order chi connectivity index (χ0) is 8.59. The Morgan fingerprint density at radius 2 is 2.00 bits per heavy atom. The van der Waals surface area contributed by atoms with Crippen LogP contribution < -0.4 is 5.43 Å². The highest BCUT2D eigenvalue weighted by atomic mass is 35.5. The molecule has 0 atom stereocenters. The van der Waals surface area contributed by atoms with E-state index in [1.165, 1.54) is 4.68 Å². The molecule has 0 amide bonds. The van der Waals surface area contributed by atoms with Gasteiger partial charge < -0.3 is 0 Å². The lowest BCUT2D eigenvalue weighted by atomic mass is 10.4. The van der Waals surface area contributed by atoms with Gasteiger partial charge in [0, 0.05) is 7.05 Å². The average Bonchev–Trinajstić information content (AvgIpc) is 1.97. The lowest BCUT2D eigenvalue weighted by Gasteiger charge is -2.02. The van der Waals surface area contributed by atoms with E-state index in [2.05, 4.69) is 5.10 Å². The maximum absolute atomic E-state index is 11.0. The Labute approximate surface area is 73.5 Å². The molecule has 5 heteroatoms. The second-order valence-corrected chi connectivity index (χ2v) is 2.88. The van der Waals surface area contributed by atoms with Gasteiger partial charge in [-0.1, -0.05) is 23.2 Å². The quantitative estimate of drug-likeness (QED) is 0.624. The average molecular weight is 193 g/mol. The van der Waals surface area contributed by atoms with Crippen LogP contribution >= 0.6 is 23.2 Å². The summed E-state index contributed by atoms with van der Waals surface area (Å²) in [6, 6.07) is 0. The molecule has 0 aliphatic heterocycles. The molecule has 60 valence electrons. The SMILES string of the molecule is Cc1nn(C)c(Cl)c(Cl)c1=O. The fourth-order valence-corrected chi connectivity index (χ4v) is 1.09. The highest BCUT2D eigenvalue weighted by Crippen LogP contribution is 2.14. The number of halogens is 2. The summed E-state index contributed by atoms with van der Waals surface area (Å²) in [6.07, 6.45) is 0. The van der Waals surface area contributed by atoms with E-state index in [4.69, 9.17) is 23.2 Å². The van der Waals surface area contributed by atoms with E-state index in [9.17, 15) is 4.79 Å². The fraction of sp³-hybridized carbons (Fsp3) is 0.333. The Hall–Kier alpha value is -0.540. The first-order valence-corrected chi connectivity index (χ1v) is 3.68. The van der Waals surface area contributed by atoms with Crippen molar-refractivity contribution < 1.29 is 0 Å². The fourth-order valence-electron chi connectivity index (χ4n) is 0.709. The van der Waals surface area contributed by atoms with Gasteiger partial charge >= 0.3 is 0 Å². The standard InChI is InChI=1S/C6H6Cl2N2O/c1-3-5(11)4(7)6(8)10(2)9-3/h1-2H3. The van der Waals surface area contributed by atoms with Gasteiger partial charge in [0.25, 0.3) is 0 Å². The summed E-state index contributed by atoms with van der Waals surface area (Å²) in [5.41, 5.74) is 0.0386. The molecular weight excluding hydrogens is 187 g/mol. The normalized spacial score (nSPS) is 10.2. The Balaban J connectivity index is 3.59. The predicted octanol–water partition coefficient (Wildman–Crippen LogP) is 1.40. The number of hydrogen-bond acceptors (Lipinski definition) is 2. The lowest BCUT2D eigenvalue weighted by Crippen LogP contribution is -2.15. The molecule has 3 nitrogen and oxygen atoms in total. The van der Waals surface area contributed by atoms with Gasteiger partial charge in [-0.15, -0.1) is 0 Å². The molecule has 1 aromatic heterocycles. The number of aromatic nitrogens is 2. The highest BCUT2D eigenvalue weighted by molar-refractivity contribution is 6.41. The van der Waals surface area contributed by atoms with Gasteiger partial charge in [0.15, 0.2) is 0 Å². The van der Waals surface area contributed by atoms with Crippen LogP contribution in [-0.4, -0.2) is 9.78 Å². The molecule has 0 saturated heterocycles. The minimum absolute atomic E-state index is 0.0293. The topological polar surface area (TPSA) is 34.9 Å².